The minimum absolute atomic E-state index is 0.0281. The smallest absolute Gasteiger partial charge is 0.255 e. The van der Waals surface area contributed by atoms with Gasteiger partial charge in [0.15, 0.2) is 11.6 Å². The third kappa shape index (κ3) is 3.40. The molecule has 1 aliphatic rings. The van der Waals surface area contributed by atoms with E-state index >= 15 is 0 Å². The SMILES string of the molecule is Cc1oc2ncnc(NC3(C)CC3)c2c1C(=O)NCc1cc(F)c(F)cc1Cl. The van der Waals surface area contributed by atoms with E-state index in [1.165, 1.54) is 6.33 Å². The average Bonchev–Trinajstić information content (AvgIpc) is 3.25. The van der Waals surface area contributed by atoms with Crippen LogP contribution in [-0.2, 0) is 6.54 Å². The van der Waals surface area contributed by atoms with E-state index in [1.54, 1.807) is 6.92 Å². The second-order valence-electron chi connectivity index (χ2n) is 7.16. The van der Waals surface area contributed by atoms with E-state index < -0.39 is 17.5 Å². The van der Waals surface area contributed by atoms with E-state index in [4.69, 9.17) is 16.0 Å². The molecule has 0 aliphatic heterocycles. The van der Waals surface area contributed by atoms with Gasteiger partial charge in [0.2, 0.25) is 5.71 Å². The van der Waals surface area contributed by atoms with Crippen molar-refractivity contribution in [1.29, 1.82) is 0 Å². The van der Waals surface area contributed by atoms with Crippen molar-refractivity contribution in [2.24, 2.45) is 0 Å². The van der Waals surface area contributed by atoms with Gasteiger partial charge in [-0.05, 0) is 44.4 Å². The summed E-state index contributed by atoms with van der Waals surface area (Å²) in [5, 5.41) is 6.52. The minimum atomic E-state index is -1.04. The Kier molecular flexibility index (Phi) is 4.45. The van der Waals surface area contributed by atoms with Crippen LogP contribution >= 0.6 is 11.6 Å². The van der Waals surface area contributed by atoms with E-state index in [1.807, 2.05) is 0 Å². The van der Waals surface area contributed by atoms with E-state index in [2.05, 4.69) is 27.5 Å². The number of nitrogens with zero attached hydrogens (tertiary/aromatic N) is 2. The zero-order chi connectivity index (χ0) is 20.1. The maximum absolute atomic E-state index is 13.5. The van der Waals surface area contributed by atoms with Gasteiger partial charge in [-0.15, -0.1) is 0 Å². The number of amides is 1. The van der Waals surface area contributed by atoms with Crippen LogP contribution in [0.3, 0.4) is 0 Å². The van der Waals surface area contributed by atoms with Gasteiger partial charge in [-0.3, -0.25) is 4.79 Å². The first-order valence-electron chi connectivity index (χ1n) is 8.71. The molecule has 0 atom stereocenters. The fourth-order valence-corrected chi connectivity index (χ4v) is 3.19. The van der Waals surface area contributed by atoms with Crippen LogP contribution in [0.5, 0.6) is 0 Å². The first kappa shape index (κ1) is 18.6. The second-order valence-corrected chi connectivity index (χ2v) is 7.57. The molecule has 1 saturated carbocycles. The standard InChI is InChI=1S/C19H17ClF2N4O2/c1-9-14(17(27)23-7-10-5-12(21)13(22)6-11(10)20)15-16(26-19(2)3-4-19)24-8-25-18(15)28-9/h5-6,8H,3-4,7H2,1-2H3,(H,23,27)(H,24,25,26). The lowest BCUT2D eigenvalue weighted by Crippen LogP contribution is -2.24. The Balaban J connectivity index is 1.64. The van der Waals surface area contributed by atoms with Crippen molar-refractivity contribution in [2.45, 2.75) is 38.8 Å². The van der Waals surface area contributed by atoms with E-state index in [0.29, 0.717) is 28.2 Å². The summed E-state index contributed by atoms with van der Waals surface area (Å²) in [5.74, 6) is -1.61. The Morgan fingerprint density at radius 1 is 1.29 bits per heavy atom. The van der Waals surface area contributed by atoms with Crippen LogP contribution in [0.2, 0.25) is 5.02 Å². The molecule has 0 saturated heterocycles. The lowest BCUT2D eigenvalue weighted by molar-refractivity contribution is 0.0950. The summed E-state index contributed by atoms with van der Waals surface area (Å²) in [5.41, 5.74) is 0.801. The van der Waals surface area contributed by atoms with Crippen LogP contribution in [0.25, 0.3) is 11.1 Å². The number of benzene rings is 1. The number of hydrogen-bond donors (Lipinski definition) is 2. The fourth-order valence-electron chi connectivity index (χ4n) is 2.97. The number of fused-ring (bicyclic) bond motifs is 1. The molecule has 0 unspecified atom stereocenters. The average molecular weight is 407 g/mol. The van der Waals surface area contributed by atoms with Crippen LogP contribution < -0.4 is 10.6 Å². The molecule has 1 fully saturated rings. The van der Waals surface area contributed by atoms with Crippen molar-refractivity contribution < 1.29 is 18.0 Å². The first-order valence-corrected chi connectivity index (χ1v) is 9.09. The molecule has 1 aliphatic carbocycles. The Bertz CT molecular complexity index is 1100. The van der Waals surface area contributed by atoms with Crippen molar-refractivity contribution in [1.82, 2.24) is 15.3 Å². The lowest BCUT2D eigenvalue weighted by Gasteiger charge is -2.13. The summed E-state index contributed by atoms with van der Waals surface area (Å²) >= 11 is 5.93. The van der Waals surface area contributed by atoms with E-state index in [0.717, 1.165) is 25.0 Å². The molecular formula is C19H17ClF2N4O2. The van der Waals surface area contributed by atoms with Crippen LogP contribution in [0.1, 0.15) is 41.4 Å². The molecule has 0 radical (unpaired) electrons. The van der Waals surface area contributed by atoms with Gasteiger partial charge in [0.25, 0.3) is 5.91 Å². The first-order chi connectivity index (χ1) is 13.3. The Labute approximate surface area is 164 Å². The van der Waals surface area contributed by atoms with Gasteiger partial charge in [-0.25, -0.2) is 18.7 Å². The van der Waals surface area contributed by atoms with Gasteiger partial charge >= 0.3 is 0 Å². The van der Waals surface area contributed by atoms with E-state index in [-0.39, 0.29) is 22.7 Å². The van der Waals surface area contributed by atoms with Crippen molar-refractivity contribution >= 4 is 34.4 Å². The van der Waals surface area contributed by atoms with Crippen molar-refractivity contribution in [3.8, 4) is 0 Å². The summed E-state index contributed by atoms with van der Waals surface area (Å²) < 4.78 is 32.3. The van der Waals surface area contributed by atoms with Gasteiger partial charge in [0.1, 0.15) is 17.9 Å². The third-order valence-corrected chi connectivity index (χ3v) is 5.19. The monoisotopic (exact) mass is 406 g/mol. The Hall–Kier alpha value is -2.74. The lowest BCUT2D eigenvalue weighted by atomic mass is 10.1. The molecule has 28 heavy (non-hydrogen) atoms. The molecule has 2 aromatic heterocycles. The highest BCUT2D eigenvalue weighted by molar-refractivity contribution is 6.31. The Morgan fingerprint density at radius 2 is 2.00 bits per heavy atom. The summed E-state index contributed by atoms with van der Waals surface area (Å²) in [4.78, 5) is 21.2. The molecule has 2 N–H and O–H groups in total. The van der Waals surface area contributed by atoms with Gasteiger partial charge in [-0.1, -0.05) is 11.6 Å². The molecule has 146 valence electrons. The number of anilines is 1. The van der Waals surface area contributed by atoms with Gasteiger partial charge in [0, 0.05) is 17.1 Å². The molecule has 9 heteroatoms. The molecule has 3 aromatic rings. The third-order valence-electron chi connectivity index (χ3n) is 4.84. The summed E-state index contributed by atoms with van der Waals surface area (Å²) in [6, 6.07) is 1.84. The van der Waals surface area contributed by atoms with Gasteiger partial charge in [0.05, 0.1) is 10.9 Å². The molecule has 1 aromatic carbocycles. The van der Waals surface area contributed by atoms with Crippen molar-refractivity contribution in [2.75, 3.05) is 5.32 Å². The number of aromatic nitrogens is 2. The molecule has 0 bridgehead atoms. The van der Waals surface area contributed by atoms with Crippen LogP contribution in [0.15, 0.2) is 22.9 Å². The number of aryl methyl sites for hydroxylation is 1. The molecule has 4 rings (SSSR count). The maximum atomic E-state index is 13.5. The highest BCUT2D eigenvalue weighted by Crippen LogP contribution is 2.40. The van der Waals surface area contributed by atoms with Crippen LogP contribution in [-0.4, -0.2) is 21.4 Å². The Morgan fingerprint density at radius 3 is 2.71 bits per heavy atom. The molecule has 1 amide bonds. The van der Waals surface area contributed by atoms with Crippen LogP contribution in [0.4, 0.5) is 14.6 Å². The van der Waals surface area contributed by atoms with Gasteiger partial charge < -0.3 is 15.1 Å². The topological polar surface area (TPSA) is 80.1 Å². The fraction of sp³-hybridized carbons (Fsp3) is 0.316. The number of rotatable bonds is 5. The largest absolute Gasteiger partial charge is 0.442 e. The summed E-state index contributed by atoms with van der Waals surface area (Å²) in [6.07, 6.45) is 3.39. The normalized spacial score (nSPS) is 14.9. The van der Waals surface area contributed by atoms with Crippen molar-refractivity contribution in [3.05, 3.63) is 52.0 Å². The number of hydrogen-bond acceptors (Lipinski definition) is 5. The number of halogens is 3. The maximum Gasteiger partial charge on any atom is 0.255 e. The van der Waals surface area contributed by atoms with Crippen molar-refractivity contribution in [3.63, 3.8) is 0 Å². The second kappa shape index (κ2) is 6.70. The van der Waals surface area contributed by atoms with E-state index in [9.17, 15) is 13.6 Å². The molecular weight excluding hydrogens is 390 g/mol. The summed E-state index contributed by atoms with van der Waals surface area (Å²) in [7, 11) is 0. The highest BCUT2D eigenvalue weighted by atomic mass is 35.5. The minimum Gasteiger partial charge on any atom is -0.442 e. The molecule has 6 nitrogen and oxygen atoms in total. The quantitative estimate of drug-likeness (QED) is 0.615. The predicted octanol–water partition coefficient (Wildman–Crippen LogP) is 4.36. The zero-order valence-corrected chi connectivity index (χ0v) is 16.0. The molecule has 2 heterocycles. The molecule has 0 spiro atoms. The number of carbonyl (C=O) groups excluding carboxylic acids is 1. The number of nitrogens with one attached hydrogen (secondary N) is 2. The predicted molar refractivity (Wildman–Crippen MR) is 100 cm³/mol. The summed E-state index contributed by atoms with van der Waals surface area (Å²) in [6.45, 7) is 3.65. The zero-order valence-electron chi connectivity index (χ0n) is 15.2. The van der Waals surface area contributed by atoms with Gasteiger partial charge in [-0.2, -0.15) is 0 Å². The number of furan rings is 1. The highest BCUT2D eigenvalue weighted by Gasteiger charge is 2.38. The van der Waals surface area contributed by atoms with Crippen LogP contribution in [0, 0.1) is 18.6 Å². The number of carbonyl (C=O) groups is 1.